The topological polar surface area (TPSA) is 144 Å². The van der Waals surface area contributed by atoms with E-state index in [1.165, 1.54) is 19.2 Å². The first-order valence-corrected chi connectivity index (χ1v) is 11.5. The predicted octanol–water partition coefficient (Wildman–Crippen LogP) is 3.60. The largest absolute Gasteiger partial charge is 0.494 e. The summed E-state index contributed by atoms with van der Waals surface area (Å²) in [5.74, 6) is -1.85. The lowest BCUT2D eigenvalue weighted by atomic mass is 10.1. The van der Waals surface area contributed by atoms with Gasteiger partial charge in [-0.1, -0.05) is 6.07 Å². The maximum Gasteiger partial charge on any atom is 0.273 e. The van der Waals surface area contributed by atoms with Crippen molar-refractivity contribution in [3.63, 3.8) is 0 Å². The van der Waals surface area contributed by atoms with E-state index in [0.29, 0.717) is 5.56 Å². The zero-order valence-corrected chi connectivity index (χ0v) is 20.0. The number of amides is 2. The fourth-order valence-corrected chi connectivity index (χ4v) is 3.72. The minimum absolute atomic E-state index is 0.0137. The average Bonchev–Trinajstić information content (AvgIpc) is 3.79. The number of nitrogens with one attached hydrogen (secondary N) is 3. The van der Waals surface area contributed by atoms with E-state index in [2.05, 4.69) is 35.8 Å². The maximum absolute atomic E-state index is 14.9. The van der Waals surface area contributed by atoms with Gasteiger partial charge in [-0.3, -0.25) is 14.6 Å². The van der Waals surface area contributed by atoms with E-state index in [-0.39, 0.29) is 46.2 Å². The second-order valence-corrected chi connectivity index (χ2v) is 8.41. The molecule has 0 radical (unpaired) electrons. The van der Waals surface area contributed by atoms with Gasteiger partial charge < -0.3 is 20.7 Å². The maximum atomic E-state index is 14.9. The number of carbonyl (C=O) groups is 2. The molecular formula is C26H23FN8O3. The van der Waals surface area contributed by atoms with Crippen molar-refractivity contribution in [3.8, 4) is 28.3 Å². The molecule has 0 bridgehead atoms. The Kier molecular flexibility index (Phi) is 5.86. The lowest BCUT2D eigenvalue weighted by Gasteiger charge is -2.17. The van der Waals surface area contributed by atoms with E-state index in [4.69, 9.17) is 8.85 Å². The molecule has 38 heavy (non-hydrogen) atoms. The number of rotatable bonds is 8. The number of aromatic nitrogens is 5. The summed E-state index contributed by atoms with van der Waals surface area (Å²) in [5.41, 5.74) is 1.28. The number of pyridine rings is 1. The molecule has 3 aromatic heterocycles. The lowest BCUT2D eigenvalue weighted by Crippen LogP contribution is -2.22. The van der Waals surface area contributed by atoms with E-state index in [1.54, 1.807) is 30.9 Å². The molecule has 11 nitrogen and oxygen atoms in total. The molecule has 1 aliphatic rings. The lowest BCUT2D eigenvalue weighted by molar-refractivity contribution is -0.117. The highest BCUT2D eigenvalue weighted by atomic mass is 19.1. The number of ether oxygens (including phenoxy) is 1. The van der Waals surface area contributed by atoms with Crippen LogP contribution in [0.5, 0.6) is 5.75 Å². The average molecular weight is 518 g/mol. The number of benzene rings is 1. The molecule has 0 saturated heterocycles. The fraction of sp³-hybridized carbons (Fsp3) is 0.192. The van der Waals surface area contributed by atoms with Crippen LogP contribution in [0.25, 0.3) is 22.5 Å². The van der Waals surface area contributed by atoms with Gasteiger partial charge >= 0.3 is 0 Å². The van der Waals surface area contributed by atoms with Crippen LogP contribution in [0.4, 0.5) is 21.6 Å². The van der Waals surface area contributed by atoms with E-state index in [1.807, 2.05) is 11.4 Å². The number of hydrogen-bond donors (Lipinski definition) is 3. The van der Waals surface area contributed by atoms with Gasteiger partial charge in [-0.05, 0) is 25.0 Å². The molecule has 192 valence electrons. The van der Waals surface area contributed by atoms with Crippen LogP contribution in [0.1, 0.15) is 27.4 Å². The van der Waals surface area contributed by atoms with E-state index in [0.717, 1.165) is 24.5 Å². The van der Waals surface area contributed by atoms with Gasteiger partial charge in [0.15, 0.2) is 23.1 Å². The van der Waals surface area contributed by atoms with Crippen molar-refractivity contribution in [3.05, 3.63) is 66.6 Å². The summed E-state index contributed by atoms with van der Waals surface area (Å²) in [6, 6.07) is 7.23. The molecule has 1 fully saturated rings. The zero-order chi connectivity index (χ0) is 29.1. The van der Waals surface area contributed by atoms with Crippen molar-refractivity contribution in [1.82, 2.24) is 30.5 Å². The number of methoxy groups -OCH3 is 1. The molecule has 4 aromatic rings. The van der Waals surface area contributed by atoms with Crippen LogP contribution in [-0.4, -0.2) is 51.0 Å². The van der Waals surface area contributed by atoms with Gasteiger partial charge in [-0.2, -0.15) is 0 Å². The zero-order valence-electron chi connectivity index (χ0n) is 23.0. The molecule has 12 heteroatoms. The van der Waals surface area contributed by atoms with Crippen LogP contribution in [0.15, 0.2) is 55.1 Å². The van der Waals surface area contributed by atoms with Gasteiger partial charge in [0, 0.05) is 65.1 Å². The molecule has 5 rings (SSSR count). The third kappa shape index (κ3) is 5.24. The Balaban J connectivity index is 1.52. The Hall–Kier alpha value is -5.00. The molecular weight excluding hydrogens is 491 g/mol. The summed E-state index contributed by atoms with van der Waals surface area (Å²) >= 11 is 0. The monoisotopic (exact) mass is 517 g/mol. The molecule has 0 aliphatic heterocycles. The van der Waals surface area contributed by atoms with Gasteiger partial charge in [0.05, 0.1) is 24.0 Å². The highest BCUT2D eigenvalue weighted by molar-refractivity contribution is 6.00. The molecule has 0 atom stereocenters. The third-order valence-electron chi connectivity index (χ3n) is 5.74. The van der Waals surface area contributed by atoms with Crippen molar-refractivity contribution >= 4 is 29.0 Å². The van der Waals surface area contributed by atoms with E-state index >= 15 is 0 Å². The van der Waals surface area contributed by atoms with Gasteiger partial charge in [-0.15, -0.1) is 10.2 Å². The molecule has 3 N–H and O–H groups in total. The smallest absolute Gasteiger partial charge is 0.273 e. The second kappa shape index (κ2) is 10.5. The molecule has 3 heterocycles. The highest BCUT2D eigenvalue weighted by Gasteiger charge is 2.30. The molecule has 1 aromatic carbocycles. The minimum atomic E-state index is -2.81. The van der Waals surface area contributed by atoms with Crippen molar-refractivity contribution in [2.24, 2.45) is 5.92 Å². The van der Waals surface area contributed by atoms with Crippen molar-refractivity contribution in [1.29, 1.82) is 0 Å². The number of nitrogens with zero attached hydrogens (tertiary/aromatic N) is 5. The van der Waals surface area contributed by atoms with Crippen molar-refractivity contribution < 1.29 is 22.8 Å². The van der Waals surface area contributed by atoms with Crippen LogP contribution in [0.2, 0.25) is 0 Å². The Morgan fingerprint density at radius 2 is 1.89 bits per heavy atom. The summed E-state index contributed by atoms with van der Waals surface area (Å²) in [6.07, 6.45) is 7.93. The van der Waals surface area contributed by atoms with E-state index in [9.17, 15) is 14.0 Å². The first kappa shape index (κ1) is 21.1. The van der Waals surface area contributed by atoms with Gasteiger partial charge in [-0.25, -0.2) is 14.4 Å². The Bertz CT molecular complexity index is 1600. The summed E-state index contributed by atoms with van der Waals surface area (Å²) in [4.78, 5) is 37.8. The molecule has 0 unspecified atom stereocenters. The number of halogens is 1. The summed E-state index contributed by atoms with van der Waals surface area (Å²) in [5, 5.41) is 15.0. The summed E-state index contributed by atoms with van der Waals surface area (Å²) in [7, 11) is 1.36. The predicted molar refractivity (Wildman–Crippen MR) is 137 cm³/mol. The second-order valence-electron chi connectivity index (χ2n) is 8.41. The van der Waals surface area contributed by atoms with Gasteiger partial charge in [0.1, 0.15) is 5.82 Å². The first-order valence-electron chi connectivity index (χ1n) is 13.0. The summed E-state index contributed by atoms with van der Waals surface area (Å²) < 4.78 is 42.6. The van der Waals surface area contributed by atoms with Crippen LogP contribution in [0, 0.1) is 11.7 Å². The minimum Gasteiger partial charge on any atom is -0.494 e. The SMILES string of the molecule is [2H]C([2H])([2H])NC(=O)c1nnc(NC(=O)C2CC2)cc1Nc1cc(F)cc(-c2ncc(-c3cccnc3)cn2)c1OC. The fourth-order valence-electron chi connectivity index (χ4n) is 3.72. The van der Waals surface area contributed by atoms with Crippen molar-refractivity contribution in [2.75, 3.05) is 24.7 Å². The Morgan fingerprint density at radius 3 is 2.58 bits per heavy atom. The van der Waals surface area contributed by atoms with Crippen LogP contribution in [-0.2, 0) is 4.79 Å². The van der Waals surface area contributed by atoms with Crippen LogP contribution < -0.4 is 20.7 Å². The number of anilines is 3. The molecule has 2 amide bonds. The van der Waals surface area contributed by atoms with Crippen LogP contribution >= 0.6 is 0 Å². The number of carbonyl (C=O) groups excluding carboxylic acids is 2. The summed E-state index contributed by atoms with van der Waals surface area (Å²) in [6.45, 7) is -2.81. The molecule has 1 aliphatic carbocycles. The van der Waals surface area contributed by atoms with Crippen LogP contribution in [0.3, 0.4) is 0 Å². The Morgan fingerprint density at radius 1 is 1.08 bits per heavy atom. The van der Waals surface area contributed by atoms with Crippen molar-refractivity contribution in [2.45, 2.75) is 12.8 Å². The highest BCUT2D eigenvalue weighted by Crippen LogP contribution is 2.38. The Labute approximate surface area is 221 Å². The molecule has 1 saturated carbocycles. The molecule has 0 spiro atoms. The quantitative estimate of drug-likeness (QED) is 0.319. The van der Waals surface area contributed by atoms with Gasteiger partial charge in [0.25, 0.3) is 5.91 Å². The third-order valence-corrected chi connectivity index (χ3v) is 5.74. The first-order chi connectivity index (χ1) is 19.6. The van der Waals surface area contributed by atoms with E-state index < -0.39 is 24.4 Å². The number of hydrogen-bond acceptors (Lipinski definition) is 9. The normalized spacial score (nSPS) is 14.0. The van der Waals surface area contributed by atoms with Gasteiger partial charge in [0.2, 0.25) is 5.91 Å². The standard InChI is InChI=1S/C26H23FN8O3/c1-28-26(37)22-19(10-21(34-35-22)33-25(36)14-5-6-14)32-20-9-17(27)8-18(23(20)38-2)24-30-12-16(13-31-24)15-4-3-7-29-11-15/h3-4,7-14H,5-6H2,1-2H3,(H,28,37)(H2,32,33,34,36)/i1D3.